The molecule has 1 saturated heterocycles. The highest BCUT2D eigenvalue weighted by Gasteiger charge is 2.32. The number of nitrogens with one attached hydrogen (secondary N) is 1. The number of imide groups is 1. The summed E-state index contributed by atoms with van der Waals surface area (Å²) in [6.07, 6.45) is 0.509. The Labute approximate surface area is 123 Å². The lowest BCUT2D eigenvalue weighted by Crippen LogP contribution is -2.52. The van der Waals surface area contributed by atoms with Crippen LogP contribution in [0.3, 0.4) is 0 Å². The van der Waals surface area contributed by atoms with Gasteiger partial charge in [-0.1, -0.05) is 0 Å². The molecule has 7 heteroatoms. The van der Waals surface area contributed by atoms with Crippen molar-refractivity contribution in [3.05, 3.63) is 28.2 Å². The molecule has 0 radical (unpaired) electrons. The molecule has 20 heavy (non-hydrogen) atoms. The second kappa shape index (κ2) is 5.62. The number of phenols is 1. The number of phenolic OH excluding ortho intramolecular Hbond substituents is 1. The van der Waals surface area contributed by atoms with Gasteiger partial charge in [-0.15, -0.1) is 0 Å². The molecule has 0 saturated carbocycles. The third-order valence-corrected chi connectivity index (χ3v) is 3.83. The lowest BCUT2D eigenvalue weighted by molar-refractivity contribution is -0.147. The van der Waals surface area contributed by atoms with Crippen LogP contribution >= 0.6 is 15.9 Å². The van der Waals surface area contributed by atoms with E-state index in [1.807, 2.05) is 0 Å². The lowest BCUT2D eigenvalue weighted by Gasteiger charge is -2.28. The highest BCUT2D eigenvalue weighted by atomic mass is 79.9. The Bertz CT molecular complexity index is 588. The predicted octanol–water partition coefficient (Wildman–Crippen LogP) is 1.03. The number of benzene rings is 1. The molecule has 1 aliphatic heterocycles. The van der Waals surface area contributed by atoms with Crippen molar-refractivity contribution in [1.29, 1.82) is 0 Å². The van der Waals surface area contributed by atoms with Gasteiger partial charge in [0.2, 0.25) is 5.91 Å². The number of amides is 3. The van der Waals surface area contributed by atoms with Crippen LogP contribution in [0.2, 0.25) is 0 Å². The molecule has 1 unspecified atom stereocenters. The van der Waals surface area contributed by atoms with Gasteiger partial charge in [-0.3, -0.25) is 19.3 Å². The van der Waals surface area contributed by atoms with Crippen molar-refractivity contribution in [3.8, 4) is 5.75 Å². The molecular weight excluding hydrogens is 328 g/mol. The summed E-state index contributed by atoms with van der Waals surface area (Å²) in [5, 5.41) is 12.1. The molecule has 1 fully saturated rings. The molecule has 1 heterocycles. The zero-order valence-electron chi connectivity index (χ0n) is 10.7. The second-order valence-electron chi connectivity index (χ2n) is 4.52. The molecule has 3 amide bonds. The van der Waals surface area contributed by atoms with Gasteiger partial charge in [0.25, 0.3) is 11.8 Å². The van der Waals surface area contributed by atoms with Gasteiger partial charge < -0.3 is 10.4 Å². The molecule has 2 rings (SSSR count). The average Bonchev–Trinajstić information content (AvgIpc) is 2.42. The Morgan fingerprint density at radius 3 is 2.80 bits per heavy atom. The number of aromatic hydroxyl groups is 1. The molecule has 0 aliphatic carbocycles. The van der Waals surface area contributed by atoms with Crippen molar-refractivity contribution in [2.75, 3.05) is 7.05 Å². The number of halogens is 1. The molecule has 0 aromatic heterocycles. The fourth-order valence-electron chi connectivity index (χ4n) is 1.95. The van der Waals surface area contributed by atoms with Gasteiger partial charge in [0.1, 0.15) is 11.8 Å². The van der Waals surface area contributed by atoms with E-state index in [9.17, 15) is 19.5 Å². The van der Waals surface area contributed by atoms with Gasteiger partial charge >= 0.3 is 0 Å². The van der Waals surface area contributed by atoms with E-state index in [0.717, 1.165) is 4.90 Å². The van der Waals surface area contributed by atoms with E-state index in [0.29, 0.717) is 4.47 Å². The standard InChI is InChI=1S/C13H13BrN2O4/c1-16-11(18)5-4-9(13(16)20)15-12(19)7-2-3-8(14)10(17)6-7/h2-3,6,9,17H,4-5H2,1H3,(H,15,19). The van der Waals surface area contributed by atoms with Crippen LogP contribution in [0.4, 0.5) is 0 Å². The largest absolute Gasteiger partial charge is 0.507 e. The molecule has 6 nitrogen and oxygen atoms in total. The summed E-state index contributed by atoms with van der Waals surface area (Å²) < 4.78 is 0.480. The summed E-state index contributed by atoms with van der Waals surface area (Å²) in [6, 6.07) is 3.67. The number of carbonyl (C=O) groups is 3. The van der Waals surface area contributed by atoms with Gasteiger partial charge in [-0.25, -0.2) is 0 Å². The Balaban J connectivity index is 2.09. The molecule has 1 atom stereocenters. The van der Waals surface area contributed by atoms with Crippen molar-refractivity contribution < 1.29 is 19.5 Å². The summed E-state index contributed by atoms with van der Waals surface area (Å²) in [5.41, 5.74) is 0.248. The Hall–Kier alpha value is -1.89. The van der Waals surface area contributed by atoms with Crippen LogP contribution in [-0.2, 0) is 9.59 Å². The summed E-state index contributed by atoms with van der Waals surface area (Å²) in [7, 11) is 1.40. The second-order valence-corrected chi connectivity index (χ2v) is 5.38. The van der Waals surface area contributed by atoms with E-state index >= 15 is 0 Å². The van der Waals surface area contributed by atoms with E-state index < -0.39 is 17.9 Å². The normalized spacial score (nSPS) is 19.1. The van der Waals surface area contributed by atoms with Gasteiger partial charge in [0, 0.05) is 19.0 Å². The number of nitrogens with zero attached hydrogens (tertiary/aromatic N) is 1. The Kier molecular flexibility index (Phi) is 4.08. The first-order valence-corrected chi connectivity index (χ1v) is 6.79. The van der Waals surface area contributed by atoms with Crippen molar-refractivity contribution >= 4 is 33.7 Å². The first kappa shape index (κ1) is 14.5. The van der Waals surface area contributed by atoms with Crippen LogP contribution in [0.25, 0.3) is 0 Å². The molecular formula is C13H13BrN2O4. The summed E-state index contributed by atoms with van der Waals surface area (Å²) in [6.45, 7) is 0. The molecule has 2 N–H and O–H groups in total. The maximum atomic E-state index is 12.0. The van der Waals surface area contributed by atoms with Gasteiger partial charge in [-0.05, 0) is 40.5 Å². The van der Waals surface area contributed by atoms with Gasteiger partial charge in [0.15, 0.2) is 0 Å². The van der Waals surface area contributed by atoms with Crippen LogP contribution in [0.1, 0.15) is 23.2 Å². The molecule has 0 spiro atoms. The van der Waals surface area contributed by atoms with Gasteiger partial charge in [-0.2, -0.15) is 0 Å². The monoisotopic (exact) mass is 340 g/mol. The van der Waals surface area contributed by atoms with Gasteiger partial charge in [0.05, 0.1) is 4.47 Å². The number of piperidine rings is 1. The van der Waals surface area contributed by atoms with Crippen LogP contribution < -0.4 is 5.32 Å². The summed E-state index contributed by atoms with van der Waals surface area (Å²) in [5.74, 6) is -1.19. The zero-order valence-corrected chi connectivity index (χ0v) is 12.3. The smallest absolute Gasteiger partial charge is 0.252 e. The zero-order chi connectivity index (χ0) is 14.9. The van der Waals surface area contributed by atoms with Crippen LogP contribution in [0.5, 0.6) is 5.75 Å². The lowest BCUT2D eigenvalue weighted by atomic mass is 10.0. The highest BCUT2D eigenvalue weighted by molar-refractivity contribution is 9.10. The minimum absolute atomic E-state index is 0.0556. The van der Waals surface area contributed by atoms with Crippen LogP contribution in [0, 0.1) is 0 Å². The number of hydrogen-bond acceptors (Lipinski definition) is 4. The van der Waals surface area contributed by atoms with E-state index in [-0.39, 0.29) is 30.1 Å². The van der Waals surface area contributed by atoms with Crippen LogP contribution in [-0.4, -0.2) is 40.8 Å². The maximum Gasteiger partial charge on any atom is 0.252 e. The topological polar surface area (TPSA) is 86.7 Å². The van der Waals surface area contributed by atoms with Crippen molar-refractivity contribution in [3.63, 3.8) is 0 Å². The van der Waals surface area contributed by atoms with E-state index in [4.69, 9.17) is 0 Å². The first-order valence-electron chi connectivity index (χ1n) is 6.00. The first-order chi connectivity index (χ1) is 9.40. The molecule has 106 valence electrons. The third kappa shape index (κ3) is 2.82. The molecule has 1 aromatic carbocycles. The minimum Gasteiger partial charge on any atom is -0.507 e. The molecule has 0 bridgehead atoms. The van der Waals surface area contributed by atoms with Crippen molar-refractivity contribution in [2.24, 2.45) is 0 Å². The summed E-state index contributed by atoms with van der Waals surface area (Å²) >= 11 is 3.12. The Morgan fingerprint density at radius 2 is 2.15 bits per heavy atom. The van der Waals surface area contributed by atoms with E-state index in [2.05, 4.69) is 21.2 Å². The SMILES string of the molecule is CN1C(=O)CCC(NC(=O)c2ccc(Br)c(O)c2)C1=O. The fraction of sp³-hybridized carbons (Fsp3) is 0.308. The number of carbonyl (C=O) groups excluding carboxylic acids is 3. The average molecular weight is 341 g/mol. The quantitative estimate of drug-likeness (QED) is 0.787. The number of likely N-dealkylation sites (tertiary alicyclic amines) is 1. The molecule has 1 aliphatic rings. The van der Waals surface area contributed by atoms with Crippen molar-refractivity contribution in [1.82, 2.24) is 10.2 Å². The summed E-state index contributed by atoms with van der Waals surface area (Å²) in [4.78, 5) is 36.2. The maximum absolute atomic E-state index is 12.0. The van der Waals surface area contributed by atoms with Crippen LogP contribution in [0.15, 0.2) is 22.7 Å². The number of hydrogen-bond donors (Lipinski definition) is 2. The Morgan fingerprint density at radius 1 is 1.45 bits per heavy atom. The number of rotatable bonds is 2. The predicted molar refractivity (Wildman–Crippen MR) is 74.1 cm³/mol. The van der Waals surface area contributed by atoms with Crippen molar-refractivity contribution in [2.45, 2.75) is 18.9 Å². The highest BCUT2D eigenvalue weighted by Crippen LogP contribution is 2.24. The van der Waals surface area contributed by atoms with E-state index in [1.165, 1.54) is 19.2 Å². The molecule has 1 aromatic rings. The number of likely N-dealkylation sites (N-methyl/N-ethyl adjacent to an activating group) is 1. The van der Waals surface area contributed by atoms with E-state index in [1.54, 1.807) is 6.07 Å². The fourth-order valence-corrected chi connectivity index (χ4v) is 2.19. The third-order valence-electron chi connectivity index (χ3n) is 3.16. The minimum atomic E-state index is -0.712.